The summed E-state index contributed by atoms with van der Waals surface area (Å²) < 4.78 is 57.7. The normalized spacial score (nSPS) is 21.0. The molecule has 12 heteroatoms. The molecule has 0 saturated carbocycles. The second kappa shape index (κ2) is 9.92. The van der Waals surface area contributed by atoms with Gasteiger partial charge in [-0.1, -0.05) is 6.07 Å². The number of piperazine rings is 1. The minimum absolute atomic E-state index is 0.0622. The van der Waals surface area contributed by atoms with E-state index in [-0.39, 0.29) is 16.6 Å². The second-order valence-corrected chi connectivity index (χ2v) is 11.7. The van der Waals surface area contributed by atoms with Crippen LogP contribution in [0.1, 0.15) is 13.8 Å². The summed E-state index contributed by atoms with van der Waals surface area (Å²) in [6, 6.07) is 5.74. The Bertz CT molecular complexity index is 984. The number of nitrogens with one attached hydrogen (secondary N) is 1. The van der Waals surface area contributed by atoms with E-state index in [0.717, 1.165) is 0 Å². The third-order valence-electron chi connectivity index (χ3n) is 5.67. The van der Waals surface area contributed by atoms with E-state index in [9.17, 15) is 21.6 Å². The van der Waals surface area contributed by atoms with E-state index in [1.54, 1.807) is 26.0 Å². The number of sulfonamides is 2. The van der Waals surface area contributed by atoms with Gasteiger partial charge in [-0.3, -0.25) is 9.69 Å². The first kappa shape index (κ1) is 24.1. The van der Waals surface area contributed by atoms with Gasteiger partial charge in [0.1, 0.15) is 0 Å². The van der Waals surface area contributed by atoms with Gasteiger partial charge in [-0.05, 0) is 32.0 Å². The Labute approximate surface area is 184 Å². The first-order valence-corrected chi connectivity index (χ1v) is 13.4. The first-order chi connectivity index (χ1) is 14.6. The molecule has 2 aliphatic heterocycles. The van der Waals surface area contributed by atoms with Crippen molar-refractivity contribution in [2.75, 3.05) is 63.6 Å². The van der Waals surface area contributed by atoms with Crippen LogP contribution >= 0.6 is 0 Å². The molecule has 174 valence electrons. The molecule has 1 amide bonds. The number of morpholine rings is 1. The van der Waals surface area contributed by atoms with Crippen LogP contribution in [0.4, 0.5) is 5.69 Å². The Kier molecular flexibility index (Phi) is 7.71. The van der Waals surface area contributed by atoms with Crippen molar-refractivity contribution >= 4 is 31.6 Å². The zero-order chi connectivity index (χ0) is 22.6. The number of hydrogen-bond donors (Lipinski definition) is 1. The Morgan fingerprint density at radius 3 is 2.29 bits per heavy atom. The lowest BCUT2D eigenvalue weighted by atomic mass is 10.2. The van der Waals surface area contributed by atoms with Crippen LogP contribution in [0.15, 0.2) is 29.2 Å². The molecule has 0 radical (unpaired) electrons. The number of rotatable bonds is 7. The number of ether oxygens (including phenoxy) is 1. The Morgan fingerprint density at radius 1 is 1.03 bits per heavy atom. The molecule has 0 spiro atoms. The molecule has 31 heavy (non-hydrogen) atoms. The van der Waals surface area contributed by atoms with Crippen LogP contribution in [0.25, 0.3) is 0 Å². The van der Waals surface area contributed by atoms with Crippen molar-refractivity contribution < 1.29 is 26.4 Å². The highest BCUT2D eigenvalue weighted by Crippen LogP contribution is 2.21. The lowest BCUT2D eigenvalue weighted by molar-refractivity contribution is -0.121. The molecule has 0 aromatic heterocycles. The number of hydrogen-bond acceptors (Lipinski definition) is 7. The van der Waals surface area contributed by atoms with Gasteiger partial charge in [-0.25, -0.2) is 16.8 Å². The molecule has 2 aliphatic rings. The molecule has 1 atom stereocenters. The van der Waals surface area contributed by atoms with Gasteiger partial charge in [0, 0.05) is 45.0 Å². The number of nitrogens with zero attached hydrogens (tertiary/aromatic N) is 3. The molecule has 2 fully saturated rings. The summed E-state index contributed by atoms with van der Waals surface area (Å²) in [6.07, 6.45) is 0. The molecule has 3 rings (SSSR count). The third kappa shape index (κ3) is 5.62. The molecule has 1 unspecified atom stereocenters. The van der Waals surface area contributed by atoms with E-state index in [1.807, 2.05) is 4.90 Å². The molecule has 1 aromatic rings. The molecular formula is C19H30N4O6S2. The van der Waals surface area contributed by atoms with Crippen molar-refractivity contribution in [2.24, 2.45) is 0 Å². The Morgan fingerprint density at radius 2 is 1.68 bits per heavy atom. The highest BCUT2D eigenvalue weighted by molar-refractivity contribution is 7.89. The standard InChI is InChI=1S/C19H30N4O6S2/c1-3-30(25,26)22-9-7-21(8-10-22)16(2)19(24)20-17-5-4-6-18(15-17)31(27,28)23-11-13-29-14-12-23/h4-6,15-16H,3,7-14H2,1-2H3,(H,20,24). The van der Waals surface area contributed by atoms with Gasteiger partial charge in [-0.2, -0.15) is 8.61 Å². The van der Waals surface area contributed by atoms with Crippen molar-refractivity contribution in [3.63, 3.8) is 0 Å². The Hall–Kier alpha value is -1.57. The highest BCUT2D eigenvalue weighted by atomic mass is 32.2. The highest BCUT2D eigenvalue weighted by Gasteiger charge is 2.30. The second-order valence-electron chi connectivity index (χ2n) is 7.55. The smallest absolute Gasteiger partial charge is 0.243 e. The predicted molar refractivity (Wildman–Crippen MR) is 117 cm³/mol. The maximum atomic E-state index is 12.8. The van der Waals surface area contributed by atoms with Gasteiger partial charge in [0.2, 0.25) is 26.0 Å². The molecule has 2 saturated heterocycles. The van der Waals surface area contributed by atoms with E-state index >= 15 is 0 Å². The van der Waals surface area contributed by atoms with Crippen LogP contribution in [0, 0.1) is 0 Å². The Balaban J connectivity index is 1.62. The quantitative estimate of drug-likeness (QED) is 0.591. The van der Waals surface area contributed by atoms with Crippen molar-refractivity contribution in [2.45, 2.75) is 24.8 Å². The third-order valence-corrected chi connectivity index (χ3v) is 9.44. The van der Waals surface area contributed by atoms with E-state index < -0.39 is 26.1 Å². The SMILES string of the molecule is CCS(=O)(=O)N1CCN(C(C)C(=O)Nc2cccc(S(=O)(=O)N3CCOCC3)c2)CC1. The number of benzene rings is 1. The summed E-state index contributed by atoms with van der Waals surface area (Å²) in [5.41, 5.74) is 0.401. The molecule has 0 aliphatic carbocycles. The number of carbonyl (C=O) groups excluding carboxylic acids is 1. The molecular weight excluding hydrogens is 444 g/mol. The van der Waals surface area contributed by atoms with Crippen molar-refractivity contribution in [1.29, 1.82) is 0 Å². The van der Waals surface area contributed by atoms with E-state index in [0.29, 0.717) is 58.2 Å². The minimum Gasteiger partial charge on any atom is -0.379 e. The van der Waals surface area contributed by atoms with Crippen molar-refractivity contribution in [3.8, 4) is 0 Å². The van der Waals surface area contributed by atoms with Crippen LogP contribution in [-0.2, 0) is 29.6 Å². The first-order valence-electron chi connectivity index (χ1n) is 10.4. The van der Waals surface area contributed by atoms with E-state index in [1.165, 1.54) is 20.7 Å². The number of carbonyl (C=O) groups is 1. The fourth-order valence-electron chi connectivity index (χ4n) is 3.63. The average molecular weight is 475 g/mol. The number of anilines is 1. The largest absolute Gasteiger partial charge is 0.379 e. The van der Waals surface area contributed by atoms with Gasteiger partial charge in [0.15, 0.2) is 0 Å². The summed E-state index contributed by atoms with van der Waals surface area (Å²) in [7, 11) is -6.88. The van der Waals surface area contributed by atoms with Crippen LogP contribution in [0.3, 0.4) is 0 Å². The topological polar surface area (TPSA) is 116 Å². The van der Waals surface area contributed by atoms with Crippen LogP contribution in [0.2, 0.25) is 0 Å². The fraction of sp³-hybridized carbons (Fsp3) is 0.632. The fourth-order valence-corrected chi connectivity index (χ4v) is 6.17. The summed E-state index contributed by atoms with van der Waals surface area (Å²) in [5, 5.41) is 2.79. The summed E-state index contributed by atoms with van der Waals surface area (Å²) in [5.74, 6) is -0.208. The summed E-state index contributed by atoms with van der Waals surface area (Å²) in [6.45, 7) is 6.31. The van der Waals surface area contributed by atoms with E-state index in [4.69, 9.17) is 4.74 Å². The van der Waals surface area contributed by atoms with Gasteiger partial charge < -0.3 is 10.1 Å². The van der Waals surface area contributed by atoms with E-state index in [2.05, 4.69) is 5.32 Å². The minimum atomic E-state index is -3.65. The van der Waals surface area contributed by atoms with Crippen molar-refractivity contribution in [1.82, 2.24) is 13.5 Å². The lowest BCUT2D eigenvalue weighted by Gasteiger charge is -2.36. The molecule has 1 N–H and O–H groups in total. The average Bonchev–Trinajstić information content (AvgIpc) is 2.79. The van der Waals surface area contributed by atoms with Crippen molar-refractivity contribution in [3.05, 3.63) is 24.3 Å². The summed E-state index contributed by atoms with van der Waals surface area (Å²) >= 11 is 0. The molecule has 0 bridgehead atoms. The van der Waals surface area contributed by atoms with Gasteiger partial charge in [-0.15, -0.1) is 0 Å². The zero-order valence-corrected chi connectivity index (χ0v) is 19.5. The van der Waals surface area contributed by atoms with Crippen LogP contribution in [0.5, 0.6) is 0 Å². The summed E-state index contributed by atoms with van der Waals surface area (Å²) in [4.78, 5) is 14.8. The maximum absolute atomic E-state index is 12.8. The molecule has 10 nitrogen and oxygen atoms in total. The molecule has 2 heterocycles. The van der Waals surface area contributed by atoms with Gasteiger partial charge >= 0.3 is 0 Å². The van der Waals surface area contributed by atoms with Gasteiger partial charge in [0.05, 0.1) is 29.9 Å². The maximum Gasteiger partial charge on any atom is 0.243 e. The van der Waals surface area contributed by atoms with Gasteiger partial charge in [0.25, 0.3) is 0 Å². The molecule has 1 aromatic carbocycles. The van der Waals surface area contributed by atoms with Crippen LogP contribution < -0.4 is 5.32 Å². The lowest BCUT2D eigenvalue weighted by Crippen LogP contribution is -2.54. The zero-order valence-electron chi connectivity index (χ0n) is 17.9. The number of amides is 1. The predicted octanol–water partition coefficient (Wildman–Crippen LogP) is 0.00180. The monoisotopic (exact) mass is 474 g/mol. The van der Waals surface area contributed by atoms with Crippen LogP contribution in [-0.4, -0.2) is 101 Å².